The fourth-order valence-corrected chi connectivity index (χ4v) is 14.5. The zero-order chi connectivity index (χ0) is 90.6. The van der Waals surface area contributed by atoms with Gasteiger partial charge in [0.15, 0.2) is 0 Å². The first-order valence-electron chi connectivity index (χ1n) is 48.8. The predicted octanol–water partition coefficient (Wildman–Crippen LogP) is 16.6. The smallest absolute Gasteiger partial charge is 0.307 e. The summed E-state index contributed by atoms with van der Waals surface area (Å²) in [5.41, 5.74) is 0. The van der Waals surface area contributed by atoms with Crippen LogP contribution in [0.2, 0.25) is 0 Å². The summed E-state index contributed by atoms with van der Waals surface area (Å²) in [6, 6.07) is 0. The summed E-state index contributed by atoms with van der Waals surface area (Å²) in [5.74, 6) is -0.593. The van der Waals surface area contributed by atoms with Crippen molar-refractivity contribution >= 4 is 59.7 Å². The number of unbranched alkanes of at least 4 members (excludes halogenated alkanes) is 10. The quantitative estimate of drug-likeness (QED) is 0.0310. The SMILES string of the molecule is CCCCC(C)CCC(=O)OCCCCOC(=O)CCN(CCC(=O)OCCCCOC(=O)CCC(C)CCCC)CC(CN(CCC(=O)OCCCCOC(=O)CCC(C)CCCC)CCN1CCN(CC(CN(CCC(=O)OCCCCOC(=O)CCC(C)CCCC)CCC(=O)OCCCCOC(=O)CCC(C)CCCC)OCC)CC1)OCC. The van der Waals surface area contributed by atoms with Gasteiger partial charge in [0.2, 0.25) is 0 Å². The van der Waals surface area contributed by atoms with E-state index >= 15 is 0 Å². The summed E-state index contributed by atoms with van der Waals surface area (Å²) in [4.78, 5) is 140. The Morgan fingerprint density at radius 3 is 0.659 bits per heavy atom. The Morgan fingerprint density at radius 1 is 0.244 bits per heavy atom. The van der Waals surface area contributed by atoms with Gasteiger partial charge in [-0.2, -0.15) is 0 Å². The van der Waals surface area contributed by atoms with Crippen LogP contribution in [-0.2, 0) is 105 Å². The number of carbonyl (C=O) groups is 10. The minimum absolute atomic E-state index is 0.0418. The van der Waals surface area contributed by atoms with Crippen molar-refractivity contribution in [3.8, 4) is 0 Å². The number of ether oxygens (including phenoxy) is 12. The second-order valence-corrected chi connectivity index (χ2v) is 34.6. The van der Waals surface area contributed by atoms with E-state index in [-0.39, 0.29) is 165 Å². The average Bonchev–Trinajstić information content (AvgIpc) is 0.874. The molecule has 123 heavy (non-hydrogen) atoms. The van der Waals surface area contributed by atoms with Crippen LogP contribution >= 0.6 is 0 Å². The summed E-state index contributed by atoms with van der Waals surface area (Å²) in [7, 11) is 0. The Balaban J connectivity index is 3.33. The highest BCUT2D eigenvalue weighted by molar-refractivity contribution is 5.73. The third-order valence-electron chi connectivity index (χ3n) is 22.8. The lowest BCUT2D eigenvalue weighted by Gasteiger charge is -2.38. The van der Waals surface area contributed by atoms with E-state index in [1.54, 1.807) is 0 Å². The number of piperazine rings is 1. The molecule has 0 N–H and O–H groups in total. The molecule has 1 saturated heterocycles. The lowest BCUT2D eigenvalue weighted by molar-refractivity contribution is -0.147. The third-order valence-corrected chi connectivity index (χ3v) is 22.8. The Labute approximate surface area is 744 Å². The molecule has 0 saturated carbocycles. The minimum Gasteiger partial charge on any atom is -0.466 e. The predicted molar refractivity (Wildman–Crippen MR) is 481 cm³/mol. The van der Waals surface area contributed by atoms with Gasteiger partial charge in [-0.15, -0.1) is 0 Å². The lowest BCUT2D eigenvalue weighted by Crippen LogP contribution is -2.52. The second kappa shape index (κ2) is 79.8. The van der Waals surface area contributed by atoms with E-state index in [1.807, 2.05) is 18.7 Å². The maximum Gasteiger partial charge on any atom is 0.307 e. The van der Waals surface area contributed by atoms with Gasteiger partial charge in [0.1, 0.15) is 0 Å². The molecule has 1 heterocycles. The maximum atomic E-state index is 13.6. The van der Waals surface area contributed by atoms with Gasteiger partial charge in [0.25, 0.3) is 0 Å². The van der Waals surface area contributed by atoms with Crippen LogP contribution in [0.1, 0.15) is 340 Å². The molecule has 27 nitrogen and oxygen atoms in total. The number of carbonyl (C=O) groups excluding carboxylic acids is 10. The largest absolute Gasteiger partial charge is 0.466 e. The van der Waals surface area contributed by atoms with E-state index < -0.39 is 18.0 Å². The van der Waals surface area contributed by atoms with E-state index in [0.717, 1.165) is 155 Å². The molecule has 0 radical (unpaired) electrons. The topological polar surface area (TPSA) is 298 Å². The van der Waals surface area contributed by atoms with Crippen molar-refractivity contribution in [2.24, 2.45) is 29.6 Å². The third kappa shape index (κ3) is 71.1. The molecule has 0 aromatic rings. The second-order valence-electron chi connectivity index (χ2n) is 34.6. The fourth-order valence-electron chi connectivity index (χ4n) is 14.5. The van der Waals surface area contributed by atoms with E-state index in [9.17, 15) is 47.9 Å². The van der Waals surface area contributed by atoms with Crippen molar-refractivity contribution in [2.45, 2.75) is 352 Å². The van der Waals surface area contributed by atoms with Crippen LogP contribution in [0.4, 0.5) is 0 Å². The maximum absolute atomic E-state index is 13.6. The normalized spacial score (nSPS) is 14.3. The molecule has 0 aromatic heterocycles. The molecule has 7 atom stereocenters. The summed E-state index contributed by atoms with van der Waals surface area (Å²) in [6.07, 6.45) is 28.0. The fraction of sp³-hybridized carbons (Fsp3) is 0.896. The molecule has 0 bridgehead atoms. The molecule has 1 fully saturated rings. The van der Waals surface area contributed by atoms with E-state index in [0.29, 0.717) is 198 Å². The van der Waals surface area contributed by atoms with Gasteiger partial charge < -0.3 is 56.8 Å². The molecule has 0 aliphatic carbocycles. The Bertz CT molecular complexity index is 2560. The molecule has 27 heteroatoms. The number of rotatable bonds is 85. The molecule has 1 aliphatic heterocycles. The van der Waals surface area contributed by atoms with E-state index in [4.69, 9.17) is 56.8 Å². The van der Waals surface area contributed by atoms with Gasteiger partial charge in [-0.05, 0) is 140 Å². The number of hydrogen-bond donors (Lipinski definition) is 0. The van der Waals surface area contributed by atoms with Crippen molar-refractivity contribution in [3.05, 3.63) is 0 Å². The molecule has 0 aromatic carbocycles. The molecule has 7 unspecified atom stereocenters. The first-order valence-corrected chi connectivity index (χ1v) is 48.8. The first kappa shape index (κ1) is 115. The molecule has 718 valence electrons. The Kier molecular flexibility index (Phi) is 74.9. The first-order chi connectivity index (χ1) is 59.4. The highest BCUT2D eigenvalue weighted by atomic mass is 16.6. The summed E-state index contributed by atoms with van der Waals surface area (Å²) >= 11 is 0. The van der Waals surface area contributed by atoms with Crippen LogP contribution in [0.5, 0.6) is 0 Å². The molecule has 1 rings (SSSR count). The Morgan fingerprint density at radius 2 is 0.439 bits per heavy atom. The highest BCUT2D eigenvalue weighted by Crippen LogP contribution is 2.21. The summed E-state index contributed by atoms with van der Waals surface area (Å²) in [6.45, 7) is 36.1. The van der Waals surface area contributed by atoms with Gasteiger partial charge in [-0.25, -0.2) is 0 Å². The van der Waals surface area contributed by atoms with Crippen molar-refractivity contribution in [1.82, 2.24) is 24.5 Å². The van der Waals surface area contributed by atoms with Crippen LogP contribution in [-0.4, -0.2) is 274 Å². The highest BCUT2D eigenvalue weighted by Gasteiger charge is 2.27. The van der Waals surface area contributed by atoms with Crippen molar-refractivity contribution in [2.75, 3.05) is 177 Å². The zero-order valence-corrected chi connectivity index (χ0v) is 79.6. The Hall–Kier alpha value is -5.58. The number of esters is 10. The van der Waals surface area contributed by atoms with Gasteiger partial charge >= 0.3 is 59.7 Å². The standard InChI is InChI=1S/C96H177N5O22/c1-13-20-35-80(8)40-45-87(102)114-66-25-30-71-119-92(107)50-55-98(56-51-93(108)120-72-31-26-67-115-88(103)46-41-81(9)36-21-14-2)76-85(112-18-6)78-100(59-54-96(111)123-75-34-29-70-118-91(106)49-44-84(12)39-24-17-5)63-60-97-61-64-101(65-62-97)79-86(113-19-7)77-99(57-52-94(109)121-73-32-27-68-116-89(104)47-42-82(10)37-22-15-3)58-53-95(110)122-74-33-28-69-117-90(105)48-43-83(11)38-23-16-4/h80-86H,13-79H2,1-12H3. The zero-order valence-electron chi connectivity index (χ0n) is 79.6. The van der Waals surface area contributed by atoms with Crippen molar-refractivity contribution < 1.29 is 105 Å². The molecule has 0 amide bonds. The van der Waals surface area contributed by atoms with Crippen molar-refractivity contribution in [1.29, 1.82) is 0 Å². The van der Waals surface area contributed by atoms with Crippen LogP contribution < -0.4 is 0 Å². The van der Waals surface area contributed by atoms with Crippen LogP contribution in [0, 0.1) is 29.6 Å². The number of hydrogen-bond acceptors (Lipinski definition) is 27. The summed E-state index contributed by atoms with van der Waals surface area (Å²) < 4.78 is 68.8. The van der Waals surface area contributed by atoms with Crippen LogP contribution in [0.15, 0.2) is 0 Å². The molecule has 0 spiro atoms. The van der Waals surface area contributed by atoms with E-state index in [1.165, 1.54) is 0 Å². The van der Waals surface area contributed by atoms with E-state index in [2.05, 4.69) is 88.8 Å². The monoisotopic (exact) mass is 1750 g/mol. The van der Waals surface area contributed by atoms with Crippen LogP contribution in [0.3, 0.4) is 0 Å². The molecular weight excluding hydrogens is 1580 g/mol. The lowest BCUT2D eigenvalue weighted by atomic mass is 9.99. The molecule has 1 aliphatic rings. The van der Waals surface area contributed by atoms with Crippen LogP contribution in [0.25, 0.3) is 0 Å². The minimum atomic E-state index is -0.422. The number of nitrogens with zero attached hydrogens (tertiary/aromatic N) is 5. The van der Waals surface area contributed by atoms with Gasteiger partial charge in [0, 0.05) is 143 Å². The van der Waals surface area contributed by atoms with Gasteiger partial charge in [-0.3, -0.25) is 72.4 Å². The average molecular weight is 1750 g/mol. The van der Waals surface area contributed by atoms with Crippen molar-refractivity contribution in [3.63, 3.8) is 0 Å². The van der Waals surface area contributed by atoms with Gasteiger partial charge in [-0.1, -0.05) is 166 Å². The summed E-state index contributed by atoms with van der Waals surface area (Å²) in [5, 5.41) is 0. The molecular formula is C96H177N5O22. The van der Waals surface area contributed by atoms with Gasteiger partial charge in [0.05, 0.1) is 110 Å².